The summed E-state index contributed by atoms with van der Waals surface area (Å²) < 4.78 is 0. The highest BCUT2D eigenvalue weighted by Gasteiger charge is 2.01. The van der Waals surface area contributed by atoms with Crippen LogP contribution in [0.4, 0.5) is 0 Å². The van der Waals surface area contributed by atoms with Crippen molar-refractivity contribution in [2.24, 2.45) is 0 Å². The van der Waals surface area contributed by atoms with Crippen molar-refractivity contribution in [3.63, 3.8) is 0 Å². The Bertz CT molecular complexity index is 454. The third kappa shape index (κ3) is 7.33. The Morgan fingerprint density at radius 1 is 1.68 bits per heavy atom. The Morgan fingerprint density at radius 3 is 3.16 bits per heavy atom. The maximum atomic E-state index is 10.4. The van der Waals surface area contributed by atoms with Gasteiger partial charge in [-0.15, -0.1) is 17.8 Å². The molecule has 1 heterocycles. The average Bonchev–Trinajstić information content (AvgIpc) is 2.87. The van der Waals surface area contributed by atoms with E-state index in [1.165, 1.54) is 0 Å². The number of hydrogen-bond donors (Lipinski definition) is 2. The first-order chi connectivity index (χ1) is 9.22. The molecule has 1 aromatic rings. The van der Waals surface area contributed by atoms with Gasteiger partial charge in [-0.3, -0.25) is 10.1 Å². The van der Waals surface area contributed by atoms with Gasteiger partial charge in [-0.2, -0.15) is 11.8 Å². The molecular formula is C11H14N4O2S2. The molecule has 0 atom stereocenters. The molecule has 0 radical (unpaired) electrons. The van der Waals surface area contributed by atoms with Gasteiger partial charge in [0, 0.05) is 23.4 Å². The van der Waals surface area contributed by atoms with E-state index >= 15 is 0 Å². The lowest BCUT2D eigenvalue weighted by Crippen LogP contribution is -2.29. The Labute approximate surface area is 119 Å². The number of hydrogen-bond acceptors (Lipinski definition) is 7. The van der Waals surface area contributed by atoms with Gasteiger partial charge in [0.05, 0.1) is 22.7 Å². The summed E-state index contributed by atoms with van der Waals surface area (Å²) in [7, 11) is 0. The van der Waals surface area contributed by atoms with E-state index in [2.05, 4.69) is 21.5 Å². The van der Waals surface area contributed by atoms with Gasteiger partial charge in [-0.1, -0.05) is 5.92 Å². The molecule has 0 unspecified atom stereocenters. The molecule has 0 aliphatic carbocycles. The molecule has 0 saturated carbocycles. The number of thiazole rings is 1. The molecule has 0 saturated heterocycles. The predicted octanol–water partition coefficient (Wildman–Crippen LogP) is 1.26. The lowest BCUT2D eigenvalue weighted by Gasteiger charge is -2.08. The molecule has 8 heteroatoms. The highest BCUT2D eigenvalue weighted by Crippen LogP contribution is 2.11. The molecule has 1 rings (SSSR count). The van der Waals surface area contributed by atoms with E-state index in [1.807, 2.05) is 5.38 Å². The van der Waals surface area contributed by atoms with Gasteiger partial charge >= 0.3 is 0 Å². The van der Waals surface area contributed by atoms with Gasteiger partial charge < -0.3 is 10.6 Å². The summed E-state index contributed by atoms with van der Waals surface area (Å²) in [6.45, 7) is 0.866. The maximum Gasteiger partial charge on any atom is 0.274 e. The molecule has 102 valence electrons. The Morgan fingerprint density at radius 2 is 2.53 bits per heavy atom. The number of thioether (sulfide) groups is 1. The second kappa shape index (κ2) is 9.24. The van der Waals surface area contributed by atoms with Gasteiger partial charge in [0.25, 0.3) is 6.20 Å². The molecule has 2 N–H and O–H groups in total. The zero-order valence-corrected chi connectivity index (χ0v) is 11.8. The summed E-state index contributed by atoms with van der Waals surface area (Å²) in [5.74, 6) is 4.36. The third-order valence-corrected chi connectivity index (χ3v) is 3.54. The van der Waals surface area contributed by atoms with Crippen LogP contribution >= 0.6 is 23.1 Å². The van der Waals surface area contributed by atoms with E-state index in [9.17, 15) is 10.1 Å². The highest BCUT2D eigenvalue weighted by atomic mass is 32.2. The second-order valence-electron chi connectivity index (χ2n) is 3.34. The van der Waals surface area contributed by atoms with Gasteiger partial charge in [0.1, 0.15) is 0 Å². The fourth-order valence-electron chi connectivity index (χ4n) is 1.15. The molecule has 0 aromatic carbocycles. The summed E-state index contributed by atoms with van der Waals surface area (Å²) in [5, 5.41) is 18.1. The van der Waals surface area contributed by atoms with Crippen LogP contribution in [0.15, 0.2) is 22.9 Å². The smallest absolute Gasteiger partial charge is 0.274 e. The number of terminal acetylenes is 1. The number of aromatic nitrogens is 1. The van der Waals surface area contributed by atoms with Crippen LogP contribution in [0.1, 0.15) is 5.69 Å². The first-order valence-corrected chi connectivity index (χ1v) is 7.53. The molecule has 0 aliphatic rings. The van der Waals surface area contributed by atoms with Crippen molar-refractivity contribution in [2.45, 2.75) is 5.75 Å². The van der Waals surface area contributed by atoms with Gasteiger partial charge in [0.15, 0.2) is 5.82 Å². The third-order valence-electron chi connectivity index (χ3n) is 1.91. The molecule has 0 amide bonds. The van der Waals surface area contributed by atoms with Crippen molar-refractivity contribution in [3.8, 4) is 12.3 Å². The number of nitrogens with one attached hydrogen (secondary N) is 2. The van der Waals surface area contributed by atoms with E-state index in [0.717, 1.165) is 23.4 Å². The van der Waals surface area contributed by atoms with Gasteiger partial charge in [0.2, 0.25) is 0 Å². The SMILES string of the molecule is C#CCN/C(=C/[N+](=O)[O-])NCCSCc1cscn1. The maximum absolute atomic E-state index is 10.4. The number of rotatable bonds is 9. The van der Waals surface area contributed by atoms with Crippen molar-refractivity contribution in [2.75, 3.05) is 18.8 Å². The van der Waals surface area contributed by atoms with Gasteiger partial charge in [-0.05, 0) is 0 Å². The minimum absolute atomic E-state index is 0.249. The van der Waals surface area contributed by atoms with Crippen LogP contribution in [0, 0.1) is 22.5 Å². The van der Waals surface area contributed by atoms with Crippen LogP contribution in [-0.4, -0.2) is 28.7 Å². The first kappa shape index (κ1) is 15.3. The van der Waals surface area contributed by atoms with E-state index in [1.54, 1.807) is 28.6 Å². The molecule has 1 aromatic heterocycles. The monoisotopic (exact) mass is 298 g/mol. The first-order valence-electron chi connectivity index (χ1n) is 5.43. The van der Waals surface area contributed by atoms with Gasteiger partial charge in [-0.25, -0.2) is 4.98 Å². The topological polar surface area (TPSA) is 80.1 Å². The van der Waals surface area contributed by atoms with Crippen LogP contribution in [0.25, 0.3) is 0 Å². The molecule has 0 bridgehead atoms. The fraction of sp³-hybridized carbons (Fsp3) is 0.364. The predicted molar refractivity (Wildman–Crippen MR) is 78.2 cm³/mol. The zero-order valence-electron chi connectivity index (χ0n) is 10.2. The normalized spacial score (nSPS) is 10.8. The lowest BCUT2D eigenvalue weighted by molar-refractivity contribution is -0.404. The van der Waals surface area contributed by atoms with Crippen LogP contribution in [0.2, 0.25) is 0 Å². The Hall–Kier alpha value is -1.72. The largest absolute Gasteiger partial charge is 0.366 e. The van der Waals surface area contributed by atoms with E-state index in [0.29, 0.717) is 12.4 Å². The van der Waals surface area contributed by atoms with Crippen LogP contribution < -0.4 is 10.6 Å². The second-order valence-corrected chi connectivity index (χ2v) is 5.17. The molecule has 0 aliphatic heterocycles. The number of nitro groups is 1. The fourth-order valence-corrected chi connectivity index (χ4v) is 2.57. The molecule has 6 nitrogen and oxygen atoms in total. The summed E-state index contributed by atoms with van der Waals surface area (Å²) in [6.07, 6.45) is 5.97. The van der Waals surface area contributed by atoms with Crippen molar-refractivity contribution < 1.29 is 4.92 Å². The van der Waals surface area contributed by atoms with Crippen LogP contribution in [-0.2, 0) is 5.75 Å². The Kier molecular flexibility index (Phi) is 7.46. The molecule has 19 heavy (non-hydrogen) atoms. The average molecular weight is 298 g/mol. The van der Waals surface area contributed by atoms with Crippen molar-refractivity contribution in [3.05, 3.63) is 38.7 Å². The van der Waals surface area contributed by atoms with Crippen molar-refractivity contribution >= 4 is 23.1 Å². The Balaban J connectivity index is 2.20. The highest BCUT2D eigenvalue weighted by molar-refractivity contribution is 7.98. The minimum atomic E-state index is -0.520. The minimum Gasteiger partial charge on any atom is -0.366 e. The summed E-state index contributed by atoms with van der Waals surface area (Å²) in [4.78, 5) is 14.1. The summed E-state index contributed by atoms with van der Waals surface area (Å²) in [6, 6.07) is 0. The van der Waals surface area contributed by atoms with Crippen LogP contribution in [0.3, 0.4) is 0 Å². The standard InChI is InChI=1S/C11H14N4O2S2/c1-2-3-12-11(6-15(16)17)13-4-5-18-7-10-8-19-9-14-10/h1,6,8-9,12-13H,3-5,7H2/b11-6-. The molecule has 0 fully saturated rings. The summed E-state index contributed by atoms with van der Waals surface area (Å²) >= 11 is 3.28. The summed E-state index contributed by atoms with van der Waals surface area (Å²) in [5.41, 5.74) is 2.86. The quantitative estimate of drug-likeness (QED) is 0.309. The molecule has 0 spiro atoms. The van der Waals surface area contributed by atoms with Crippen LogP contribution in [0.5, 0.6) is 0 Å². The van der Waals surface area contributed by atoms with Crippen molar-refractivity contribution in [1.82, 2.24) is 15.6 Å². The molecular weight excluding hydrogens is 284 g/mol. The lowest BCUT2D eigenvalue weighted by atomic mass is 10.6. The number of nitrogens with zero attached hydrogens (tertiary/aromatic N) is 2. The zero-order chi connectivity index (χ0) is 13.9. The van der Waals surface area contributed by atoms with E-state index in [-0.39, 0.29) is 6.54 Å². The van der Waals surface area contributed by atoms with Crippen molar-refractivity contribution in [1.29, 1.82) is 0 Å². The van der Waals surface area contributed by atoms with E-state index in [4.69, 9.17) is 6.42 Å². The van der Waals surface area contributed by atoms with E-state index < -0.39 is 4.92 Å².